The standard InChI is InChI=1S/C84H64B2N4OS/c1-55(2)57-41-45-59(46-42-57)68-35-24-36-69(60-47-43-58(44-48-60)56(3)4)84(68)90-75-54-80-73(86-71-38-21-23-40-78(71)91-79-51-67(52-81(92-80)83(79)86)88(63-29-14-7-15-30-63)64-31-16-8-17-32-64)53-72(75)85-70-37-20-22-39-74(70)89(65-33-18-9-19-34-65)76-49-66(50-77(90)82(76)85)87(61-25-10-5-11-26-61)62-27-12-6-13-28-62/h5-56H,1-4H3. The lowest BCUT2D eigenvalue weighted by atomic mass is 9.31. The molecule has 13 aromatic rings. The van der Waals surface area contributed by atoms with E-state index in [9.17, 15) is 0 Å². The quantitative estimate of drug-likeness (QED) is 0.113. The zero-order valence-electron chi connectivity index (χ0n) is 51.8. The van der Waals surface area contributed by atoms with Gasteiger partial charge in [-0.1, -0.05) is 245 Å². The maximum atomic E-state index is 7.19. The molecule has 0 bridgehead atoms. The van der Waals surface area contributed by atoms with Crippen LogP contribution in [-0.2, 0) is 0 Å². The number of hydrogen-bond acceptors (Lipinski definition) is 6. The Balaban J connectivity index is 0.998. The predicted molar refractivity (Wildman–Crippen MR) is 391 cm³/mol. The number of rotatable bonds is 12. The van der Waals surface area contributed by atoms with E-state index in [0.29, 0.717) is 11.8 Å². The van der Waals surface area contributed by atoms with Gasteiger partial charge >= 0.3 is 0 Å². The molecule has 17 rings (SSSR count). The molecule has 0 aromatic heterocycles. The van der Waals surface area contributed by atoms with Gasteiger partial charge in [-0.2, -0.15) is 0 Å². The minimum absolute atomic E-state index is 0.120. The van der Waals surface area contributed by atoms with E-state index in [2.05, 4.69) is 351 Å². The number of benzene rings is 13. The Bertz CT molecular complexity index is 4810. The Morgan fingerprint density at radius 1 is 0.326 bits per heavy atom. The van der Waals surface area contributed by atoms with Gasteiger partial charge in [0.05, 0.1) is 17.1 Å². The zero-order chi connectivity index (χ0) is 61.6. The summed E-state index contributed by atoms with van der Waals surface area (Å²) in [5.74, 6) is 2.52. The fourth-order valence-electron chi connectivity index (χ4n) is 14.8. The van der Waals surface area contributed by atoms with E-state index < -0.39 is 0 Å². The van der Waals surface area contributed by atoms with Crippen molar-refractivity contribution in [3.63, 3.8) is 0 Å². The molecule has 0 aliphatic carbocycles. The van der Waals surface area contributed by atoms with Gasteiger partial charge in [0.15, 0.2) is 0 Å². The lowest BCUT2D eigenvalue weighted by molar-refractivity contribution is 0.486. The third-order valence-electron chi connectivity index (χ3n) is 19.1. The first-order valence-corrected chi connectivity index (χ1v) is 33.0. The number of nitrogens with zero attached hydrogens (tertiary/aromatic N) is 4. The van der Waals surface area contributed by atoms with Crippen LogP contribution >= 0.6 is 11.8 Å². The van der Waals surface area contributed by atoms with E-state index in [4.69, 9.17) is 4.74 Å². The topological polar surface area (TPSA) is 22.2 Å². The Morgan fingerprint density at radius 3 is 1.34 bits per heavy atom. The molecule has 0 unspecified atom stereocenters. The van der Waals surface area contributed by atoms with Crippen molar-refractivity contribution in [3.8, 4) is 33.8 Å². The van der Waals surface area contributed by atoms with Gasteiger partial charge in [-0.3, -0.25) is 0 Å². The smallest absolute Gasteiger partial charge is 0.253 e. The summed E-state index contributed by atoms with van der Waals surface area (Å²) in [5, 5.41) is 0. The highest BCUT2D eigenvalue weighted by Gasteiger charge is 2.48. The summed E-state index contributed by atoms with van der Waals surface area (Å²) >= 11 is 1.87. The van der Waals surface area contributed by atoms with E-state index in [0.717, 1.165) is 102 Å². The minimum atomic E-state index is -0.177. The molecule has 4 aliphatic rings. The molecular formula is C84H64B2N4OS. The Hall–Kier alpha value is -10.7. The number of anilines is 12. The van der Waals surface area contributed by atoms with E-state index in [1.165, 1.54) is 53.7 Å². The van der Waals surface area contributed by atoms with Crippen LogP contribution in [0.25, 0.3) is 22.3 Å². The molecule has 0 fully saturated rings. The first-order chi connectivity index (χ1) is 45.3. The highest BCUT2D eigenvalue weighted by Crippen LogP contribution is 2.54. The Kier molecular flexibility index (Phi) is 13.7. The molecule has 0 saturated heterocycles. The fraction of sp³-hybridized carbons (Fsp3) is 0.0714. The van der Waals surface area contributed by atoms with E-state index in [-0.39, 0.29) is 13.4 Å². The van der Waals surface area contributed by atoms with Crippen LogP contribution in [0.1, 0.15) is 50.7 Å². The average Bonchev–Trinajstić information content (AvgIpc) is 0.690. The summed E-state index contributed by atoms with van der Waals surface area (Å²) in [6.07, 6.45) is 0. The molecule has 4 heterocycles. The van der Waals surface area contributed by atoms with Gasteiger partial charge in [-0.25, -0.2) is 0 Å². The lowest BCUT2D eigenvalue weighted by Crippen LogP contribution is -2.64. The van der Waals surface area contributed by atoms with Crippen LogP contribution in [0.2, 0.25) is 0 Å². The molecule has 0 radical (unpaired) electrons. The summed E-state index contributed by atoms with van der Waals surface area (Å²) in [7, 11) is 0. The maximum Gasteiger partial charge on any atom is 0.253 e. The second kappa shape index (κ2) is 22.7. The van der Waals surface area contributed by atoms with Crippen molar-refractivity contribution in [2.24, 2.45) is 0 Å². The minimum Gasteiger partial charge on any atom is -0.458 e. The highest BCUT2D eigenvalue weighted by atomic mass is 32.2. The van der Waals surface area contributed by atoms with Gasteiger partial charge < -0.3 is 24.3 Å². The van der Waals surface area contributed by atoms with Crippen molar-refractivity contribution >= 4 is 126 Å². The van der Waals surface area contributed by atoms with E-state index >= 15 is 0 Å². The van der Waals surface area contributed by atoms with Gasteiger partial charge in [-0.05, 0) is 158 Å². The van der Waals surface area contributed by atoms with Crippen LogP contribution in [0.5, 0.6) is 11.5 Å². The summed E-state index contributed by atoms with van der Waals surface area (Å²) < 4.78 is 7.19. The molecule has 92 heavy (non-hydrogen) atoms. The van der Waals surface area contributed by atoms with Gasteiger partial charge in [-0.15, -0.1) is 0 Å². The Labute approximate surface area is 544 Å². The molecule has 4 aliphatic heterocycles. The third kappa shape index (κ3) is 9.26. The third-order valence-corrected chi connectivity index (χ3v) is 20.2. The second-order valence-corrected chi connectivity index (χ2v) is 26.2. The molecule has 0 N–H and O–H groups in total. The first kappa shape index (κ1) is 55.4. The van der Waals surface area contributed by atoms with Crippen LogP contribution < -0.4 is 57.1 Å². The molecular weight excluding hydrogens is 1130 g/mol. The van der Waals surface area contributed by atoms with E-state index in [1.54, 1.807) is 0 Å². The molecule has 0 spiro atoms. The average molecular weight is 1200 g/mol. The van der Waals surface area contributed by atoms with Crippen LogP contribution in [0.15, 0.2) is 313 Å². The summed E-state index contributed by atoms with van der Waals surface area (Å²) in [4.78, 5) is 12.4. The SMILES string of the molecule is CC(C)c1ccc(-c2cccc(-c3ccc(C(C)C)cc3)c2N2c3cc4c(cc3B3c5ccccc5N(c5ccccc5)c5cc(N(c6ccccc6)c6ccccc6)cc2c53)B2c3ccccc3Oc3cc(N(c5ccccc5)c5ccccc5)cc(c32)S4)cc1. The number of para-hydroxylation sites is 8. The van der Waals surface area contributed by atoms with Crippen molar-refractivity contribution in [2.45, 2.75) is 49.3 Å². The van der Waals surface area contributed by atoms with Gasteiger partial charge in [0, 0.05) is 78.2 Å². The first-order valence-electron chi connectivity index (χ1n) is 32.2. The molecule has 0 amide bonds. The monoisotopic (exact) mass is 1200 g/mol. The van der Waals surface area contributed by atoms with Crippen LogP contribution in [0.4, 0.5) is 68.2 Å². The van der Waals surface area contributed by atoms with Crippen molar-refractivity contribution in [2.75, 3.05) is 19.6 Å². The van der Waals surface area contributed by atoms with Crippen LogP contribution in [-0.4, -0.2) is 13.4 Å². The molecule has 438 valence electrons. The summed E-state index contributed by atoms with van der Waals surface area (Å²) in [5.41, 5.74) is 27.8. The van der Waals surface area contributed by atoms with Gasteiger partial charge in [0.1, 0.15) is 11.5 Å². The number of fused-ring (bicyclic) bond motifs is 8. The molecule has 13 aromatic carbocycles. The van der Waals surface area contributed by atoms with Crippen LogP contribution in [0.3, 0.4) is 0 Å². The van der Waals surface area contributed by atoms with Gasteiger partial charge in [0.2, 0.25) is 0 Å². The van der Waals surface area contributed by atoms with Crippen molar-refractivity contribution in [3.05, 3.63) is 314 Å². The second-order valence-electron chi connectivity index (χ2n) is 25.1. The molecule has 0 atom stereocenters. The highest BCUT2D eigenvalue weighted by molar-refractivity contribution is 8.00. The molecule has 8 heteroatoms. The van der Waals surface area contributed by atoms with E-state index in [1.807, 2.05) is 11.8 Å². The molecule has 0 saturated carbocycles. The number of ether oxygens (including phenoxy) is 1. The molecule has 5 nitrogen and oxygen atoms in total. The normalized spacial score (nSPS) is 12.9. The summed E-state index contributed by atoms with van der Waals surface area (Å²) in [6.45, 7) is 8.83. The van der Waals surface area contributed by atoms with Crippen molar-refractivity contribution < 1.29 is 4.74 Å². The predicted octanol–water partition coefficient (Wildman–Crippen LogP) is 19.4. The van der Waals surface area contributed by atoms with Crippen molar-refractivity contribution in [1.29, 1.82) is 0 Å². The largest absolute Gasteiger partial charge is 0.458 e. The number of hydrogen-bond donors (Lipinski definition) is 0. The van der Waals surface area contributed by atoms with Crippen molar-refractivity contribution in [1.82, 2.24) is 0 Å². The van der Waals surface area contributed by atoms with Crippen LogP contribution in [0, 0.1) is 0 Å². The maximum absolute atomic E-state index is 7.19. The Morgan fingerprint density at radius 2 is 0.793 bits per heavy atom. The lowest BCUT2D eigenvalue weighted by Gasteiger charge is -2.46. The van der Waals surface area contributed by atoms with Gasteiger partial charge in [0.25, 0.3) is 13.4 Å². The zero-order valence-corrected chi connectivity index (χ0v) is 52.6. The summed E-state index contributed by atoms with van der Waals surface area (Å²) in [6, 6.07) is 113. The fourth-order valence-corrected chi connectivity index (χ4v) is 16.0.